The predicted molar refractivity (Wildman–Crippen MR) is 104 cm³/mol. The molecule has 3 unspecified atom stereocenters. The number of rotatable bonds is 4. The van der Waals surface area contributed by atoms with E-state index in [1.54, 1.807) is 30.4 Å². The largest absolute Gasteiger partial charge is 0.344 e. The van der Waals surface area contributed by atoms with E-state index in [0.717, 1.165) is 30.5 Å². The van der Waals surface area contributed by atoms with E-state index in [1.807, 2.05) is 10.7 Å². The van der Waals surface area contributed by atoms with Crippen molar-refractivity contribution in [3.63, 3.8) is 0 Å². The SMILES string of the molecule is CO[n+]1ccnc(-n2nc(C(=O)NC3CCc4ccccc43)c3c2C2CC2C3)c1. The Labute approximate surface area is 168 Å². The summed E-state index contributed by atoms with van der Waals surface area (Å²) in [6.45, 7) is 0. The molecule has 7 nitrogen and oxygen atoms in total. The fraction of sp³-hybridized carbons (Fsp3) is 0.364. The van der Waals surface area contributed by atoms with E-state index < -0.39 is 0 Å². The van der Waals surface area contributed by atoms with Crippen LogP contribution in [-0.2, 0) is 12.8 Å². The minimum absolute atomic E-state index is 0.0564. The van der Waals surface area contributed by atoms with E-state index in [0.29, 0.717) is 23.3 Å². The maximum Gasteiger partial charge on any atom is 0.272 e. The van der Waals surface area contributed by atoms with E-state index in [-0.39, 0.29) is 11.9 Å². The second-order valence-corrected chi connectivity index (χ2v) is 8.15. The number of amides is 1. The third kappa shape index (κ3) is 2.57. The van der Waals surface area contributed by atoms with Gasteiger partial charge in [-0.3, -0.25) is 9.63 Å². The Morgan fingerprint density at radius 3 is 3.14 bits per heavy atom. The molecular weight excluding hydrogens is 366 g/mol. The van der Waals surface area contributed by atoms with Crippen molar-refractivity contribution in [1.82, 2.24) is 20.1 Å². The van der Waals surface area contributed by atoms with Crippen LogP contribution in [0.3, 0.4) is 0 Å². The highest BCUT2D eigenvalue weighted by molar-refractivity contribution is 5.95. The highest BCUT2D eigenvalue weighted by Gasteiger charge is 2.50. The quantitative estimate of drug-likeness (QED) is 0.691. The lowest BCUT2D eigenvalue weighted by Gasteiger charge is -2.13. The average molecular weight is 388 g/mol. The molecule has 3 atom stereocenters. The zero-order chi connectivity index (χ0) is 19.5. The highest BCUT2D eigenvalue weighted by atomic mass is 16.6. The van der Waals surface area contributed by atoms with Crippen LogP contribution in [-0.4, -0.2) is 27.8 Å². The summed E-state index contributed by atoms with van der Waals surface area (Å²) in [7, 11) is 1.60. The molecule has 3 aliphatic carbocycles. The van der Waals surface area contributed by atoms with Gasteiger partial charge in [-0.15, -0.1) is 0 Å². The molecule has 1 aromatic carbocycles. The van der Waals surface area contributed by atoms with E-state index in [1.165, 1.54) is 17.5 Å². The van der Waals surface area contributed by atoms with Gasteiger partial charge in [0.25, 0.3) is 12.1 Å². The van der Waals surface area contributed by atoms with Crippen molar-refractivity contribution in [1.29, 1.82) is 0 Å². The van der Waals surface area contributed by atoms with Crippen molar-refractivity contribution in [2.24, 2.45) is 5.92 Å². The van der Waals surface area contributed by atoms with Crippen LogP contribution in [0.25, 0.3) is 5.82 Å². The molecule has 29 heavy (non-hydrogen) atoms. The van der Waals surface area contributed by atoms with Crippen LogP contribution in [0.2, 0.25) is 0 Å². The van der Waals surface area contributed by atoms with Gasteiger partial charge in [-0.25, -0.2) is 9.67 Å². The summed E-state index contributed by atoms with van der Waals surface area (Å²) >= 11 is 0. The second kappa shape index (κ2) is 6.14. The van der Waals surface area contributed by atoms with Crippen molar-refractivity contribution < 1.29 is 14.4 Å². The summed E-state index contributed by atoms with van der Waals surface area (Å²) in [4.78, 5) is 22.9. The van der Waals surface area contributed by atoms with Crippen molar-refractivity contribution in [2.75, 3.05) is 7.11 Å². The molecule has 2 aromatic heterocycles. The molecule has 2 heterocycles. The molecule has 1 amide bonds. The van der Waals surface area contributed by atoms with Gasteiger partial charge in [0.1, 0.15) is 7.11 Å². The number of nitrogens with zero attached hydrogens (tertiary/aromatic N) is 4. The maximum absolute atomic E-state index is 13.2. The van der Waals surface area contributed by atoms with Crippen LogP contribution in [0, 0.1) is 5.92 Å². The number of aryl methyl sites for hydroxylation is 1. The standard InChI is InChI=1S/C22H21N5O2/c1-29-26-9-8-23-19(12-26)27-21-16-10-14(16)11-17(21)20(25-27)22(28)24-18-7-6-13-4-2-3-5-15(13)18/h2-5,8-9,12,14,16,18H,6-7,10-11H2,1H3/p+1. The Morgan fingerprint density at radius 2 is 2.24 bits per heavy atom. The van der Waals surface area contributed by atoms with Crippen molar-refractivity contribution >= 4 is 5.91 Å². The number of nitrogens with one attached hydrogen (secondary N) is 1. The minimum Gasteiger partial charge on any atom is -0.344 e. The van der Waals surface area contributed by atoms with Gasteiger partial charge < -0.3 is 5.32 Å². The first-order valence-corrected chi connectivity index (χ1v) is 10.2. The Morgan fingerprint density at radius 1 is 1.34 bits per heavy atom. The maximum atomic E-state index is 13.2. The highest BCUT2D eigenvalue weighted by Crippen LogP contribution is 2.57. The number of hydrogen-bond acceptors (Lipinski definition) is 4. The van der Waals surface area contributed by atoms with Crippen LogP contribution in [0.15, 0.2) is 42.9 Å². The lowest BCUT2D eigenvalue weighted by Crippen LogP contribution is -2.40. The molecule has 1 saturated carbocycles. The number of benzene rings is 1. The molecule has 146 valence electrons. The van der Waals surface area contributed by atoms with E-state index in [4.69, 9.17) is 9.94 Å². The summed E-state index contributed by atoms with van der Waals surface area (Å²) in [5.41, 5.74) is 5.34. The van der Waals surface area contributed by atoms with Crippen LogP contribution in [0.1, 0.15) is 57.7 Å². The third-order valence-corrected chi connectivity index (χ3v) is 6.51. The van der Waals surface area contributed by atoms with Gasteiger partial charge in [0.2, 0.25) is 12.0 Å². The fourth-order valence-electron chi connectivity index (χ4n) is 5.00. The zero-order valence-electron chi connectivity index (χ0n) is 16.2. The molecule has 0 aliphatic heterocycles. The summed E-state index contributed by atoms with van der Waals surface area (Å²) in [5.74, 6) is 1.72. The molecule has 0 spiro atoms. The van der Waals surface area contributed by atoms with Crippen molar-refractivity contribution in [3.8, 4) is 5.82 Å². The van der Waals surface area contributed by atoms with Crippen molar-refractivity contribution in [2.45, 2.75) is 37.6 Å². The van der Waals surface area contributed by atoms with Crippen LogP contribution in [0.5, 0.6) is 0 Å². The third-order valence-electron chi connectivity index (χ3n) is 6.51. The first-order valence-electron chi connectivity index (χ1n) is 10.2. The molecular formula is C22H22N5O2+. The van der Waals surface area contributed by atoms with Gasteiger partial charge in [-0.05, 0) is 42.7 Å². The monoisotopic (exact) mass is 388 g/mol. The smallest absolute Gasteiger partial charge is 0.272 e. The topological polar surface area (TPSA) is 72.9 Å². The van der Waals surface area contributed by atoms with Gasteiger partial charge in [0, 0.05) is 16.2 Å². The van der Waals surface area contributed by atoms with E-state index in [9.17, 15) is 4.79 Å². The first-order chi connectivity index (χ1) is 14.2. The molecule has 0 radical (unpaired) electrons. The fourth-order valence-corrected chi connectivity index (χ4v) is 5.00. The summed E-state index contributed by atoms with van der Waals surface area (Å²) in [5, 5.41) is 7.96. The van der Waals surface area contributed by atoms with Gasteiger partial charge in [0.15, 0.2) is 5.69 Å². The van der Waals surface area contributed by atoms with E-state index in [2.05, 4.69) is 28.5 Å². The normalized spacial score (nSPS) is 23.3. The number of fused-ring (bicyclic) bond motifs is 4. The van der Waals surface area contributed by atoms with Crippen LogP contribution < -0.4 is 14.9 Å². The van der Waals surface area contributed by atoms with Gasteiger partial charge in [-0.1, -0.05) is 24.3 Å². The van der Waals surface area contributed by atoms with Gasteiger partial charge >= 0.3 is 0 Å². The average Bonchev–Trinajstić information content (AvgIpc) is 3.09. The second-order valence-electron chi connectivity index (χ2n) is 8.15. The van der Waals surface area contributed by atoms with Crippen LogP contribution >= 0.6 is 0 Å². The summed E-state index contributed by atoms with van der Waals surface area (Å²) in [6.07, 6.45) is 9.25. The Balaban J connectivity index is 1.36. The number of aromatic nitrogens is 4. The van der Waals surface area contributed by atoms with Gasteiger partial charge in [-0.2, -0.15) is 5.10 Å². The zero-order valence-corrected chi connectivity index (χ0v) is 16.2. The predicted octanol–water partition coefficient (Wildman–Crippen LogP) is 1.69. The lowest BCUT2D eigenvalue weighted by atomic mass is 10.1. The number of hydrogen-bond donors (Lipinski definition) is 1. The molecule has 7 heteroatoms. The molecule has 0 saturated heterocycles. The van der Waals surface area contributed by atoms with E-state index >= 15 is 0 Å². The van der Waals surface area contributed by atoms with Gasteiger partial charge in [0.05, 0.1) is 17.9 Å². The molecule has 0 bridgehead atoms. The molecule has 6 rings (SSSR count). The minimum atomic E-state index is -0.0847. The van der Waals surface area contributed by atoms with Crippen molar-refractivity contribution in [3.05, 3.63) is 70.9 Å². The first kappa shape index (κ1) is 16.7. The Hall–Kier alpha value is -3.22. The molecule has 3 aliphatic rings. The van der Waals surface area contributed by atoms with Crippen LogP contribution in [0.4, 0.5) is 0 Å². The molecule has 3 aromatic rings. The number of carbonyl (C=O) groups excluding carboxylic acids is 1. The Kier molecular flexibility index (Phi) is 3.54. The molecule has 1 N–H and O–H groups in total. The summed E-state index contributed by atoms with van der Waals surface area (Å²) in [6, 6.07) is 8.41. The summed E-state index contributed by atoms with van der Waals surface area (Å²) < 4.78 is 3.44. The Bertz CT molecular complexity index is 1140. The lowest BCUT2D eigenvalue weighted by molar-refractivity contribution is -0.885. The molecule has 1 fully saturated rings. The number of carbonyl (C=O) groups is 1.